The first-order valence-electron chi connectivity index (χ1n) is 6.08. The maximum atomic E-state index is 12.5. The number of nitro groups is 1. The van der Waals surface area contributed by atoms with E-state index in [0.29, 0.717) is 18.9 Å². The monoisotopic (exact) mass is 262 g/mol. The molecule has 0 aliphatic carbocycles. The molecule has 7 nitrogen and oxygen atoms in total. The lowest BCUT2D eigenvalue weighted by Crippen LogP contribution is -2.62. The molecule has 1 unspecified atom stereocenters. The van der Waals surface area contributed by atoms with Gasteiger partial charge in [0.15, 0.2) is 0 Å². The van der Waals surface area contributed by atoms with Gasteiger partial charge in [-0.1, -0.05) is 18.2 Å². The molecule has 2 bridgehead atoms. The van der Waals surface area contributed by atoms with E-state index < -0.39 is 5.66 Å². The van der Waals surface area contributed by atoms with Crippen molar-refractivity contribution in [3.63, 3.8) is 0 Å². The van der Waals surface area contributed by atoms with Crippen molar-refractivity contribution < 1.29 is 9.72 Å². The number of nitrogens with zero attached hydrogens (tertiary/aromatic N) is 3. The number of hydrogen-bond acceptors (Lipinski definition) is 5. The standard InChI is InChI=1S/C12H14N4O3/c17-11(10-4-2-1-3-5-10)15-9-14-7-12(15,16(18)19)6-13-8-14/h1-5,13H,6-9H2/t12-/m1/s1. The number of fused-ring (bicyclic) bond motifs is 2. The van der Waals surface area contributed by atoms with Crippen molar-refractivity contribution in [2.24, 2.45) is 0 Å². The second-order valence-corrected chi connectivity index (χ2v) is 4.89. The Balaban J connectivity index is 1.95. The molecule has 2 atom stereocenters. The zero-order valence-corrected chi connectivity index (χ0v) is 10.3. The Labute approximate surface area is 109 Å². The third-order valence-electron chi connectivity index (χ3n) is 3.67. The lowest BCUT2D eigenvalue weighted by molar-refractivity contribution is -0.587. The van der Waals surface area contributed by atoms with Crippen LogP contribution in [0.4, 0.5) is 0 Å². The van der Waals surface area contributed by atoms with E-state index in [1.807, 2.05) is 11.0 Å². The average molecular weight is 262 g/mol. The maximum Gasteiger partial charge on any atom is 0.324 e. The molecule has 100 valence electrons. The largest absolute Gasteiger partial charge is 0.324 e. The van der Waals surface area contributed by atoms with E-state index in [2.05, 4.69) is 5.32 Å². The van der Waals surface area contributed by atoms with Crippen molar-refractivity contribution in [1.82, 2.24) is 15.1 Å². The molecule has 2 heterocycles. The van der Waals surface area contributed by atoms with Crippen LogP contribution in [-0.2, 0) is 0 Å². The van der Waals surface area contributed by atoms with Crippen LogP contribution >= 0.6 is 0 Å². The minimum Gasteiger partial charge on any atom is -0.296 e. The molecule has 0 radical (unpaired) electrons. The van der Waals surface area contributed by atoms with E-state index in [1.165, 1.54) is 4.90 Å². The van der Waals surface area contributed by atoms with Crippen molar-refractivity contribution in [2.45, 2.75) is 5.66 Å². The predicted octanol–water partition coefficient (Wildman–Crippen LogP) is -0.0644. The van der Waals surface area contributed by atoms with Crippen LogP contribution in [0.1, 0.15) is 10.4 Å². The summed E-state index contributed by atoms with van der Waals surface area (Å²) in [4.78, 5) is 26.8. The van der Waals surface area contributed by atoms with Crippen LogP contribution in [0.3, 0.4) is 0 Å². The number of rotatable bonds is 2. The van der Waals surface area contributed by atoms with Gasteiger partial charge in [0.25, 0.3) is 5.91 Å². The number of amides is 1. The van der Waals surface area contributed by atoms with Crippen LogP contribution in [0, 0.1) is 10.1 Å². The van der Waals surface area contributed by atoms with Gasteiger partial charge in [-0.05, 0) is 12.1 Å². The van der Waals surface area contributed by atoms with Crippen molar-refractivity contribution >= 4 is 5.91 Å². The predicted molar refractivity (Wildman–Crippen MR) is 66.8 cm³/mol. The highest BCUT2D eigenvalue weighted by atomic mass is 16.6. The summed E-state index contributed by atoms with van der Waals surface area (Å²) in [7, 11) is 0. The first-order valence-corrected chi connectivity index (χ1v) is 6.08. The van der Waals surface area contributed by atoms with Gasteiger partial charge < -0.3 is 0 Å². The van der Waals surface area contributed by atoms with Crippen LogP contribution in [-0.4, -0.2) is 52.7 Å². The van der Waals surface area contributed by atoms with E-state index in [1.54, 1.807) is 24.3 Å². The topological polar surface area (TPSA) is 78.7 Å². The molecule has 1 aromatic rings. The minimum absolute atomic E-state index is 0.190. The van der Waals surface area contributed by atoms with Gasteiger partial charge in [0.1, 0.15) is 0 Å². The number of benzene rings is 1. The highest BCUT2D eigenvalue weighted by Gasteiger charge is 2.59. The molecular formula is C12H14N4O3. The summed E-state index contributed by atoms with van der Waals surface area (Å²) in [5.41, 5.74) is -0.858. The fourth-order valence-corrected chi connectivity index (χ4v) is 2.71. The fraction of sp³-hybridized carbons (Fsp3) is 0.417. The van der Waals surface area contributed by atoms with Gasteiger partial charge in [-0.25, -0.2) is 0 Å². The molecule has 2 aliphatic rings. The normalized spacial score (nSPS) is 29.3. The number of carbonyl (C=O) groups excluding carboxylic acids is 1. The molecule has 1 N–H and O–H groups in total. The summed E-state index contributed by atoms with van der Waals surface area (Å²) in [6.45, 7) is 1.34. The Hall–Kier alpha value is -1.99. The summed E-state index contributed by atoms with van der Waals surface area (Å²) in [5.74, 6) is -0.288. The summed E-state index contributed by atoms with van der Waals surface area (Å²) in [6, 6.07) is 8.69. The lowest BCUT2D eigenvalue weighted by atomic mass is 10.1. The summed E-state index contributed by atoms with van der Waals surface area (Å²) >= 11 is 0. The van der Waals surface area contributed by atoms with Gasteiger partial charge in [-0.2, -0.15) is 0 Å². The third-order valence-corrected chi connectivity index (χ3v) is 3.67. The van der Waals surface area contributed by atoms with E-state index in [9.17, 15) is 14.9 Å². The smallest absolute Gasteiger partial charge is 0.296 e. The van der Waals surface area contributed by atoms with Gasteiger partial charge in [0.2, 0.25) is 0 Å². The van der Waals surface area contributed by atoms with E-state index in [-0.39, 0.29) is 23.9 Å². The molecule has 2 fully saturated rings. The molecule has 0 aromatic heterocycles. The molecule has 2 aliphatic heterocycles. The maximum absolute atomic E-state index is 12.5. The second kappa shape index (κ2) is 4.29. The van der Waals surface area contributed by atoms with Crippen molar-refractivity contribution in [3.05, 3.63) is 46.0 Å². The van der Waals surface area contributed by atoms with Crippen LogP contribution in [0.25, 0.3) is 0 Å². The van der Waals surface area contributed by atoms with E-state index >= 15 is 0 Å². The Morgan fingerprint density at radius 2 is 2.11 bits per heavy atom. The van der Waals surface area contributed by atoms with Gasteiger partial charge >= 0.3 is 5.66 Å². The lowest BCUT2D eigenvalue weighted by Gasteiger charge is -2.30. The zero-order valence-electron chi connectivity index (χ0n) is 10.3. The van der Waals surface area contributed by atoms with Crippen LogP contribution < -0.4 is 5.32 Å². The Morgan fingerprint density at radius 1 is 1.37 bits per heavy atom. The van der Waals surface area contributed by atoms with Gasteiger partial charge in [0.05, 0.1) is 31.4 Å². The molecular weight excluding hydrogens is 248 g/mol. The van der Waals surface area contributed by atoms with Crippen LogP contribution in [0.5, 0.6) is 0 Å². The molecule has 19 heavy (non-hydrogen) atoms. The van der Waals surface area contributed by atoms with Crippen molar-refractivity contribution in [3.8, 4) is 0 Å². The SMILES string of the molecule is O=C(c1ccccc1)N1CN2CNC[C@@]1([N+](=O)[O-])C2. The molecule has 0 spiro atoms. The molecule has 7 heteroatoms. The van der Waals surface area contributed by atoms with E-state index in [0.717, 1.165) is 0 Å². The zero-order chi connectivity index (χ0) is 13.5. The molecule has 1 aromatic carbocycles. The average Bonchev–Trinajstić information content (AvgIpc) is 2.71. The number of carbonyl (C=O) groups is 1. The first-order chi connectivity index (χ1) is 9.13. The van der Waals surface area contributed by atoms with Gasteiger partial charge in [-0.3, -0.25) is 30.0 Å². The Bertz CT molecular complexity index is 521. The first kappa shape index (κ1) is 12.1. The molecule has 1 amide bonds. The third kappa shape index (κ3) is 1.78. The van der Waals surface area contributed by atoms with Crippen molar-refractivity contribution in [1.29, 1.82) is 0 Å². The number of hydrogen-bond donors (Lipinski definition) is 1. The van der Waals surface area contributed by atoms with Crippen LogP contribution in [0.2, 0.25) is 0 Å². The van der Waals surface area contributed by atoms with Crippen molar-refractivity contribution in [2.75, 3.05) is 26.4 Å². The van der Waals surface area contributed by atoms with E-state index in [4.69, 9.17) is 0 Å². The van der Waals surface area contributed by atoms with Gasteiger partial charge in [0, 0.05) is 5.56 Å². The molecule has 2 saturated heterocycles. The summed E-state index contributed by atoms with van der Waals surface area (Å²) < 4.78 is 0. The van der Waals surface area contributed by atoms with Gasteiger partial charge in [-0.15, -0.1) is 0 Å². The number of nitrogens with one attached hydrogen (secondary N) is 1. The fourth-order valence-electron chi connectivity index (χ4n) is 2.71. The quantitative estimate of drug-likeness (QED) is 0.596. The van der Waals surface area contributed by atoms with Crippen LogP contribution in [0.15, 0.2) is 30.3 Å². The molecule has 3 rings (SSSR count). The summed E-state index contributed by atoms with van der Waals surface area (Å²) in [5, 5.41) is 14.4. The molecule has 0 saturated carbocycles. The Kier molecular flexibility index (Phi) is 2.72. The highest BCUT2D eigenvalue weighted by molar-refractivity contribution is 5.94. The Morgan fingerprint density at radius 3 is 2.79 bits per heavy atom. The minimum atomic E-state index is -1.34. The highest BCUT2D eigenvalue weighted by Crippen LogP contribution is 2.29. The summed E-state index contributed by atoms with van der Waals surface area (Å²) in [6.07, 6.45) is 0. The second-order valence-electron chi connectivity index (χ2n) is 4.89.